The van der Waals surface area contributed by atoms with Crippen molar-refractivity contribution < 1.29 is 9.13 Å². The molecule has 0 aromatic heterocycles. The average molecular weight is 262 g/mol. The molecule has 1 heterocycles. The van der Waals surface area contributed by atoms with Gasteiger partial charge in [0.05, 0.1) is 19.8 Å². The number of halogens is 1. The summed E-state index contributed by atoms with van der Waals surface area (Å²) in [5, 5.41) is 0. The van der Waals surface area contributed by atoms with Crippen LogP contribution in [0.1, 0.15) is 18.1 Å². The molecular formula is C15H19FN2O. The van der Waals surface area contributed by atoms with Crippen LogP contribution in [0, 0.1) is 17.7 Å². The maximum atomic E-state index is 14.0. The van der Waals surface area contributed by atoms with E-state index in [1.807, 2.05) is 6.07 Å². The maximum Gasteiger partial charge on any atom is 0.128 e. The number of rotatable bonds is 2. The standard InChI is InChI=1S/C15H19FN2O/c1-12-11-19-8-7-18(12)10-14-5-4-13(3-2-6-17)9-15(14)16/h4-5,9,12H,6-8,10-11,17H2,1H3. The minimum atomic E-state index is -0.206. The van der Waals surface area contributed by atoms with E-state index in [2.05, 4.69) is 23.7 Å². The number of ether oxygens (including phenoxy) is 1. The Kier molecular flexibility index (Phi) is 4.92. The molecule has 2 N–H and O–H groups in total. The molecule has 1 fully saturated rings. The zero-order chi connectivity index (χ0) is 13.7. The van der Waals surface area contributed by atoms with Gasteiger partial charge in [-0.1, -0.05) is 17.9 Å². The molecule has 19 heavy (non-hydrogen) atoms. The van der Waals surface area contributed by atoms with E-state index >= 15 is 0 Å². The quantitative estimate of drug-likeness (QED) is 0.818. The van der Waals surface area contributed by atoms with Crippen LogP contribution < -0.4 is 5.73 Å². The van der Waals surface area contributed by atoms with E-state index in [-0.39, 0.29) is 12.4 Å². The lowest BCUT2D eigenvalue weighted by Crippen LogP contribution is -2.43. The third-order valence-electron chi connectivity index (χ3n) is 3.27. The number of nitrogens with two attached hydrogens (primary N) is 1. The summed E-state index contributed by atoms with van der Waals surface area (Å²) in [6.45, 7) is 5.26. The van der Waals surface area contributed by atoms with E-state index in [4.69, 9.17) is 10.5 Å². The van der Waals surface area contributed by atoms with Crippen LogP contribution in [0.5, 0.6) is 0 Å². The first-order valence-electron chi connectivity index (χ1n) is 6.50. The van der Waals surface area contributed by atoms with Crippen LogP contribution in [0.25, 0.3) is 0 Å². The zero-order valence-corrected chi connectivity index (χ0v) is 11.2. The van der Waals surface area contributed by atoms with Gasteiger partial charge >= 0.3 is 0 Å². The van der Waals surface area contributed by atoms with Crippen molar-refractivity contribution in [2.45, 2.75) is 19.5 Å². The molecule has 1 unspecified atom stereocenters. The molecule has 1 aliphatic rings. The molecule has 0 saturated carbocycles. The Balaban J connectivity index is 2.08. The van der Waals surface area contributed by atoms with Gasteiger partial charge in [-0.05, 0) is 19.1 Å². The third kappa shape index (κ3) is 3.77. The molecule has 0 amide bonds. The van der Waals surface area contributed by atoms with Crippen LogP contribution in [0.15, 0.2) is 18.2 Å². The van der Waals surface area contributed by atoms with Gasteiger partial charge in [0, 0.05) is 30.3 Å². The number of hydrogen-bond acceptors (Lipinski definition) is 3. The van der Waals surface area contributed by atoms with Gasteiger partial charge in [0.25, 0.3) is 0 Å². The Morgan fingerprint density at radius 1 is 1.53 bits per heavy atom. The van der Waals surface area contributed by atoms with Crippen LogP contribution in [0.4, 0.5) is 4.39 Å². The van der Waals surface area contributed by atoms with Gasteiger partial charge in [-0.15, -0.1) is 0 Å². The highest BCUT2D eigenvalue weighted by atomic mass is 19.1. The number of benzene rings is 1. The average Bonchev–Trinajstić information content (AvgIpc) is 2.41. The molecule has 1 aromatic carbocycles. The Morgan fingerprint density at radius 3 is 3.05 bits per heavy atom. The second-order valence-corrected chi connectivity index (χ2v) is 4.71. The summed E-state index contributed by atoms with van der Waals surface area (Å²) in [6, 6.07) is 5.44. The van der Waals surface area contributed by atoms with Crippen molar-refractivity contribution in [3.63, 3.8) is 0 Å². The van der Waals surface area contributed by atoms with Crippen LogP contribution in [-0.4, -0.2) is 37.2 Å². The Hall–Kier alpha value is -1.41. The summed E-state index contributed by atoms with van der Waals surface area (Å²) in [5.74, 6) is 5.35. The normalized spacial score (nSPS) is 19.8. The summed E-state index contributed by atoms with van der Waals surface area (Å²) >= 11 is 0. The highest BCUT2D eigenvalue weighted by molar-refractivity contribution is 5.37. The lowest BCUT2D eigenvalue weighted by molar-refractivity contribution is -0.00480. The van der Waals surface area contributed by atoms with Gasteiger partial charge in [0.1, 0.15) is 5.82 Å². The molecule has 0 spiro atoms. The second-order valence-electron chi connectivity index (χ2n) is 4.71. The molecule has 4 heteroatoms. The predicted octanol–water partition coefficient (Wildman–Crippen LogP) is 1.36. The SMILES string of the molecule is CC1COCCN1Cc1ccc(C#CCN)cc1F. The van der Waals surface area contributed by atoms with Gasteiger partial charge < -0.3 is 10.5 Å². The van der Waals surface area contributed by atoms with Gasteiger partial charge in [0.15, 0.2) is 0 Å². The molecule has 1 aliphatic heterocycles. The number of hydrogen-bond donors (Lipinski definition) is 1. The fourth-order valence-corrected chi connectivity index (χ4v) is 2.12. The van der Waals surface area contributed by atoms with E-state index in [0.717, 1.165) is 6.54 Å². The number of morpholine rings is 1. The van der Waals surface area contributed by atoms with Crippen LogP contribution in [0.2, 0.25) is 0 Å². The van der Waals surface area contributed by atoms with E-state index in [0.29, 0.717) is 36.9 Å². The Labute approximate surface area is 113 Å². The fourth-order valence-electron chi connectivity index (χ4n) is 2.12. The molecule has 1 saturated heterocycles. The van der Waals surface area contributed by atoms with Crippen LogP contribution in [0.3, 0.4) is 0 Å². The van der Waals surface area contributed by atoms with Crippen molar-refractivity contribution in [3.05, 3.63) is 35.1 Å². The largest absolute Gasteiger partial charge is 0.379 e. The monoisotopic (exact) mass is 262 g/mol. The summed E-state index contributed by atoms with van der Waals surface area (Å²) in [6.07, 6.45) is 0. The third-order valence-corrected chi connectivity index (χ3v) is 3.27. The first-order valence-corrected chi connectivity index (χ1v) is 6.50. The highest BCUT2D eigenvalue weighted by Gasteiger charge is 2.19. The first-order chi connectivity index (χ1) is 9.20. The molecule has 0 radical (unpaired) electrons. The number of nitrogens with zero attached hydrogens (tertiary/aromatic N) is 1. The van der Waals surface area contributed by atoms with Crippen molar-refractivity contribution in [1.29, 1.82) is 0 Å². The predicted molar refractivity (Wildman–Crippen MR) is 73.0 cm³/mol. The second kappa shape index (κ2) is 6.67. The topological polar surface area (TPSA) is 38.5 Å². The van der Waals surface area contributed by atoms with Gasteiger partial charge in [-0.3, -0.25) is 4.90 Å². The highest BCUT2D eigenvalue weighted by Crippen LogP contribution is 2.16. The minimum absolute atomic E-state index is 0.206. The van der Waals surface area contributed by atoms with Gasteiger partial charge in [0.2, 0.25) is 0 Å². The first kappa shape index (κ1) is 14.0. The molecule has 2 rings (SSSR count). The molecule has 102 valence electrons. The van der Waals surface area contributed by atoms with Gasteiger partial charge in [-0.25, -0.2) is 4.39 Å². The van der Waals surface area contributed by atoms with Crippen molar-refractivity contribution in [2.75, 3.05) is 26.3 Å². The van der Waals surface area contributed by atoms with E-state index in [1.54, 1.807) is 6.07 Å². The maximum absolute atomic E-state index is 14.0. The zero-order valence-electron chi connectivity index (χ0n) is 11.2. The van der Waals surface area contributed by atoms with E-state index < -0.39 is 0 Å². The lowest BCUT2D eigenvalue weighted by atomic mass is 10.1. The molecule has 1 aromatic rings. The van der Waals surface area contributed by atoms with E-state index in [9.17, 15) is 4.39 Å². The molecule has 3 nitrogen and oxygen atoms in total. The summed E-state index contributed by atoms with van der Waals surface area (Å²) in [4.78, 5) is 2.23. The van der Waals surface area contributed by atoms with Crippen LogP contribution in [-0.2, 0) is 11.3 Å². The molecule has 0 bridgehead atoms. The summed E-state index contributed by atoms with van der Waals surface area (Å²) in [5.41, 5.74) is 6.67. The smallest absolute Gasteiger partial charge is 0.128 e. The Morgan fingerprint density at radius 2 is 2.37 bits per heavy atom. The minimum Gasteiger partial charge on any atom is -0.379 e. The summed E-state index contributed by atoms with van der Waals surface area (Å²) < 4.78 is 19.4. The Bertz CT molecular complexity index is 493. The van der Waals surface area contributed by atoms with Crippen molar-refractivity contribution in [3.8, 4) is 11.8 Å². The molecular weight excluding hydrogens is 243 g/mol. The van der Waals surface area contributed by atoms with Crippen LogP contribution >= 0.6 is 0 Å². The van der Waals surface area contributed by atoms with Gasteiger partial charge in [-0.2, -0.15) is 0 Å². The van der Waals surface area contributed by atoms with Crippen molar-refractivity contribution in [1.82, 2.24) is 4.90 Å². The van der Waals surface area contributed by atoms with Crippen molar-refractivity contribution in [2.24, 2.45) is 5.73 Å². The lowest BCUT2D eigenvalue weighted by Gasteiger charge is -2.33. The summed E-state index contributed by atoms with van der Waals surface area (Å²) in [7, 11) is 0. The van der Waals surface area contributed by atoms with Crippen molar-refractivity contribution >= 4 is 0 Å². The van der Waals surface area contributed by atoms with E-state index in [1.165, 1.54) is 6.07 Å². The molecule has 0 aliphatic carbocycles. The fraction of sp³-hybridized carbons (Fsp3) is 0.467. The molecule has 1 atom stereocenters.